The molecule has 0 radical (unpaired) electrons. The largest absolute Gasteiger partial charge is 0.397 e. The van der Waals surface area contributed by atoms with E-state index < -0.39 is 0 Å². The third-order valence-electron chi connectivity index (χ3n) is 4.64. The van der Waals surface area contributed by atoms with Gasteiger partial charge in [-0.25, -0.2) is 19.9 Å². The van der Waals surface area contributed by atoms with E-state index in [1.54, 1.807) is 49.6 Å². The molecule has 14 heteroatoms. The smallest absolute Gasteiger partial charge is 0.142 e. The average Bonchev–Trinajstić information content (AvgIpc) is 3.03. The fraction of sp³-hybridized carbons (Fsp3) is 0.194. The van der Waals surface area contributed by atoms with E-state index in [9.17, 15) is 0 Å². The van der Waals surface area contributed by atoms with Crippen LogP contribution in [0.2, 0.25) is 0 Å². The maximum atomic E-state index is 5.36. The standard InChI is InChI=1S/C6H8N2.2C5H7N3.3C5H6N2/c1-5-2-3-6(7)4-8-5;1-4-2-8-5(6)3-7-4;1-4-2-7-3-5(6)8-4;1-5-4-6-2-3-7-5;1-5-2-3-6-4-7-5;1-5-3-2-4-6-7-5/h2-4H,7H2,1H3;2*2-3H,1H3,(H2,6,8);3*2-4H,1H3. The van der Waals surface area contributed by atoms with E-state index in [0.717, 1.165) is 39.9 Å². The topological polar surface area (TPSA) is 220 Å². The van der Waals surface area contributed by atoms with Crippen molar-refractivity contribution in [3.63, 3.8) is 0 Å². The van der Waals surface area contributed by atoms with Gasteiger partial charge in [-0.15, -0.1) is 0 Å². The molecule has 14 nitrogen and oxygen atoms in total. The molecule has 0 fully saturated rings. The molecule has 0 aliphatic heterocycles. The number of nitrogens with two attached hydrogens (primary N) is 3. The normalized spacial score (nSPS) is 8.93. The molecule has 0 saturated carbocycles. The first-order chi connectivity index (χ1) is 21.5. The van der Waals surface area contributed by atoms with Gasteiger partial charge in [0.1, 0.15) is 18.0 Å². The number of pyridine rings is 1. The summed E-state index contributed by atoms with van der Waals surface area (Å²) >= 11 is 0. The van der Waals surface area contributed by atoms with Gasteiger partial charge in [-0.3, -0.25) is 24.9 Å². The van der Waals surface area contributed by atoms with Crippen molar-refractivity contribution >= 4 is 17.3 Å². The van der Waals surface area contributed by atoms with Gasteiger partial charge < -0.3 is 17.2 Å². The number of hydrogen-bond acceptors (Lipinski definition) is 14. The summed E-state index contributed by atoms with van der Waals surface area (Å²) in [6.45, 7) is 11.4. The third-order valence-corrected chi connectivity index (χ3v) is 4.64. The fourth-order valence-electron chi connectivity index (χ4n) is 2.47. The number of aryl methyl sites for hydroxylation is 6. The minimum absolute atomic E-state index is 0.468. The highest BCUT2D eigenvalue weighted by molar-refractivity contribution is 5.34. The first kappa shape index (κ1) is 37.0. The van der Waals surface area contributed by atoms with Gasteiger partial charge in [0.05, 0.1) is 53.3 Å². The van der Waals surface area contributed by atoms with E-state index in [1.807, 2.05) is 71.9 Å². The predicted molar refractivity (Wildman–Crippen MR) is 176 cm³/mol. The highest BCUT2D eigenvalue weighted by Crippen LogP contribution is 1.98. The lowest BCUT2D eigenvalue weighted by atomic mass is 10.4. The second kappa shape index (κ2) is 22.5. The summed E-state index contributed by atoms with van der Waals surface area (Å²) < 4.78 is 0. The molecule has 6 aromatic rings. The lowest BCUT2D eigenvalue weighted by Crippen LogP contribution is -1.91. The van der Waals surface area contributed by atoms with E-state index in [0.29, 0.717) is 11.6 Å². The molecule has 0 aromatic carbocycles. The van der Waals surface area contributed by atoms with Crippen LogP contribution in [0.25, 0.3) is 0 Å². The summed E-state index contributed by atoms with van der Waals surface area (Å²) in [5, 5.41) is 7.36. The Bertz CT molecular complexity index is 1360. The van der Waals surface area contributed by atoms with Crippen LogP contribution in [0.3, 0.4) is 0 Å². The van der Waals surface area contributed by atoms with E-state index in [4.69, 9.17) is 17.2 Å². The van der Waals surface area contributed by atoms with Crippen molar-refractivity contribution in [2.75, 3.05) is 17.2 Å². The quantitative estimate of drug-likeness (QED) is 0.221. The molecule has 45 heavy (non-hydrogen) atoms. The molecule has 0 bridgehead atoms. The van der Waals surface area contributed by atoms with E-state index in [2.05, 4.69) is 55.1 Å². The van der Waals surface area contributed by atoms with Crippen molar-refractivity contribution in [3.8, 4) is 0 Å². The summed E-state index contributed by atoms with van der Waals surface area (Å²) in [7, 11) is 0. The Balaban J connectivity index is 0.000000270. The lowest BCUT2D eigenvalue weighted by molar-refractivity contribution is 0.980. The fourth-order valence-corrected chi connectivity index (χ4v) is 2.47. The van der Waals surface area contributed by atoms with Gasteiger partial charge in [0.2, 0.25) is 0 Å². The molecular formula is C31H40N14. The molecule has 0 atom stereocenters. The number of rotatable bonds is 0. The van der Waals surface area contributed by atoms with Crippen LogP contribution in [0.15, 0.2) is 98.6 Å². The first-order valence-corrected chi connectivity index (χ1v) is 13.5. The Morgan fingerprint density at radius 2 is 1.16 bits per heavy atom. The molecule has 6 N–H and O–H groups in total. The van der Waals surface area contributed by atoms with Crippen molar-refractivity contribution in [2.24, 2.45) is 0 Å². The zero-order valence-electron chi connectivity index (χ0n) is 26.4. The van der Waals surface area contributed by atoms with E-state index in [1.165, 1.54) is 18.7 Å². The molecule has 6 aromatic heterocycles. The molecular weight excluding hydrogens is 568 g/mol. The number of anilines is 3. The number of nitrogen functional groups attached to an aromatic ring is 3. The first-order valence-electron chi connectivity index (χ1n) is 13.5. The van der Waals surface area contributed by atoms with Gasteiger partial charge in [-0.05, 0) is 71.9 Å². The van der Waals surface area contributed by atoms with Gasteiger partial charge >= 0.3 is 0 Å². The van der Waals surface area contributed by atoms with Crippen LogP contribution in [0, 0.1) is 41.5 Å². The van der Waals surface area contributed by atoms with Crippen LogP contribution in [0.1, 0.15) is 34.2 Å². The highest BCUT2D eigenvalue weighted by Gasteiger charge is 1.85. The van der Waals surface area contributed by atoms with Crippen LogP contribution in [-0.2, 0) is 0 Å². The van der Waals surface area contributed by atoms with Crippen LogP contribution in [-0.4, -0.2) is 55.1 Å². The van der Waals surface area contributed by atoms with Crippen molar-refractivity contribution in [1.29, 1.82) is 0 Å². The second-order valence-corrected chi connectivity index (χ2v) is 8.96. The molecule has 234 valence electrons. The lowest BCUT2D eigenvalue weighted by Gasteiger charge is -1.89. The molecule has 0 aliphatic rings. The summed E-state index contributed by atoms with van der Waals surface area (Å²) in [4.78, 5) is 34.7. The zero-order valence-corrected chi connectivity index (χ0v) is 26.4. The summed E-state index contributed by atoms with van der Waals surface area (Å²) in [6, 6.07) is 9.35. The van der Waals surface area contributed by atoms with Crippen LogP contribution >= 0.6 is 0 Å². The maximum absolute atomic E-state index is 5.36. The van der Waals surface area contributed by atoms with Gasteiger partial charge in [0, 0.05) is 48.6 Å². The molecule has 6 heterocycles. The van der Waals surface area contributed by atoms with Crippen LogP contribution < -0.4 is 17.2 Å². The number of nitrogens with zero attached hydrogens (tertiary/aromatic N) is 11. The predicted octanol–water partition coefficient (Wildman–Crippen LogP) is 4.06. The minimum atomic E-state index is 0.468. The van der Waals surface area contributed by atoms with Gasteiger partial charge in [-0.2, -0.15) is 10.2 Å². The van der Waals surface area contributed by atoms with Gasteiger partial charge in [0.25, 0.3) is 0 Å². The maximum Gasteiger partial charge on any atom is 0.142 e. The van der Waals surface area contributed by atoms with Gasteiger partial charge in [-0.1, -0.05) is 0 Å². The Kier molecular flexibility index (Phi) is 18.5. The van der Waals surface area contributed by atoms with Gasteiger partial charge in [0.15, 0.2) is 0 Å². The Labute approximate surface area is 263 Å². The van der Waals surface area contributed by atoms with Crippen molar-refractivity contribution < 1.29 is 0 Å². The van der Waals surface area contributed by atoms with Crippen molar-refractivity contribution in [2.45, 2.75) is 41.5 Å². The SMILES string of the molecule is Cc1ccc(N)cn1.Cc1cccnn1.Cc1ccncn1.Cc1cnc(N)cn1.Cc1cncc(N)n1.Cc1cnccn1. The molecule has 0 amide bonds. The average molecular weight is 609 g/mol. The summed E-state index contributed by atoms with van der Waals surface area (Å²) in [5.74, 6) is 0.945. The number of aromatic nitrogens is 11. The molecule has 6 rings (SSSR count). The number of hydrogen-bond donors (Lipinski definition) is 3. The van der Waals surface area contributed by atoms with Crippen LogP contribution in [0.4, 0.5) is 17.3 Å². The monoisotopic (exact) mass is 608 g/mol. The zero-order chi connectivity index (χ0) is 33.3. The van der Waals surface area contributed by atoms with Crippen molar-refractivity contribution in [1.82, 2.24) is 55.1 Å². The third kappa shape index (κ3) is 21.3. The summed E-state index contributed by atoms with van der Waals surface area (Å²) in [5.41, 5.74) is 22.3. The van der Waals surface area contributed by atoms with Crippen molar-refractivity contribution in [3.05, 3.63) is 133 Å². The second-order valence-electron chi connectivity index (χ2n) is 8.96. The van der Waals surface area contributed by atoms with E-state index in [-0.39, 0.29) is 0 Å². The molecule has 0 spiro atoms. The molecule has 0 unspecified atom stereocenters. The van der Waals surface area contributed by atoms with Crippen LogP contribution in [0.5, 0.6) is 0 Å². The Morgan fingerprint density at radius 1 is 0.444 bits per heavy atom. The molecule has 0 aliphatic carbocycles. The summed E-state index contributed by atoms with van der Waals surface area (Å²) in [6.07, 6.45) is 18.0. The Hall–Kier alpha value is -6.05. The highest BCUT2D eigenvalue weighted by atomic mass is 15.1. The molecule has 0 saturated heterocycles. The van der Waals surface area contributed by atoms with E-state index >= 15 is 0 Å². The minimum Gasteiger partial charge on any atom is -0.397 e. The Morgan fingerprint density at radius 3 is 1.49 bits per heavy atom.